The summed E-state index contributed by atoms with van der Waals surface area (Å²) in [5.41, 5.74) is 5.75. The molecule has 1 aliphatic rings. The third kappa shape index (κ3) is 12.7. The van der Waals surface area contributed by atoms with Crippen LogP contribution in [-0.2, 0) is 4.79 Å². The van der Waals surface area contributed by atoms with Gasteiger partial charge in [-0.1, -0.05) is 17.7 Å². The highest BCUT2D eigenvalue weighted by Crippen LogP contribution is 2.07. The monoisotopic (exact) mass is 313 g/mol. The Hall–Kier alpha value is -2.32. The number of benzene rings is 1. The summed E-state index contributed by atoms with van der Waals surface area (Å²) in [6.07, 6.45) is -0.381. The van der Waals surface area contributed by atoms with Gasteiger partial charge in [0.15, 0.2) is 0 Å². The van der Waals surface area contributed by atoms with E-state index in [2.05, 4.69) is 11.1 Å². The zero-order chi connectivity index (χ0) is 17.0. The molecular formula is C14H23N3O5. The van der Waals surface area contributed by atoms with E-state index >= 15 is 0 Å². The molecule has 8 nitrogen and oxygen atoms in total. The normalized spacial score (nSPS) is 15.6. The lowest BCUT2D eigenvalue weighted by molar-refractivity contribution is -0.117. The van der Waals surface area contributed by atoms with E-state index in [1.807, 2.05) is 19.1 Å². The minimum atomic E-state index is -1.25. The van der Waals surface area contributed by atoms with Crippen LogP contribution in [0.5, 0.6) is 5.75 Å². The molecule has 1 aliphatic heterocycles. The highest BCUT2D eigenvalue weighted by molar-refractivity contribution is 5.79. The molecule has 22 heavy (non-hydrogen) atoms. The molecule has 2 rings (SSSR count). The third-order valence-electron chi connectivity index (χ3n) is 2.48. The molecule has 8 heteroatoms. The zero-order valence-corrected chi connectivity index (χ0v) is 12.5. The van der Waals surface area contributed by atoms with Crippen LogP contribution < -0.4 is 16.4 Å². The summed E-state index contributed by atoms with van der Waals surface area (Å²) in [6, 6.07) is 7.09. The van der Waals surface area contributed by atoms with Gasteiger partial charge >= 0.3 is 6.09 Å². The first kappa shape index (κ1) is 19.7. The van der Waals surface area contributed by atoms with Gasteiger partial charge in [-0.15, -0.1) is 0 Å². The molecule has 0 radical (unpaired) electrons. The van der Waals surface area contributed by atoms with Crippen molar-refractivity contribution in [2.45, 2.75) is 19.4 Å². The number of nitrogens with one attached hydrogen (secondary N) is 2. The Labute approximate surface area is 129 Å². The Morgan fingerprint density at radius 3 is 2.18 bits per heavy atom. The fraction of sp³-hybridized carbons (Fsp3) is 0.429. The van der Waals surface area contributed by atoms with E-state index in [4.69, 9.17) is 15.3 Å². The second-order valence-corrected chi connectivity index (χ2v) is 4.61. The molecule has 1 saturated heterocycles. The first-order valence-electron chi connectivity index (χ1n) is 6.70. The van der Waals surface area contributed by atoms with Crippen LogP contribution >= 0.6 is 0 Å². The smallest absolute Gasteiger partial charge is 0.405 e. The Morgan fingerprint density at radius 1 is 1.36 bits per heavy atom. The molecule has 1 aromatic rings. The highest BCUT2D eigenvalue weighted by Gasteiger charge is 2.08. The topological polar surface area (TPSA) is 145 Å². The lowest BCUT2D eigenvalue weighted by Crippen LogP contribution is -2.31. The van der Waals surface area contributed by atoms with Gasteiger partial charge in [-0.3, -0.25) is 4.79 Å². The molecule has 124 valence electrons. The van der Waals surface area contributed by atoms with E-state index in [1.165, 1.54) is 5.56 Å². The van der Waals surface area contributed by atoms with Gasteiger partial charge in [-0.05, 0) is 32.0 Å². The standard InChI is InChI=1S/C7H8O.C4H9NO.C3H6N2O3/c1-6-2-4-7(8)5-3-6;6-4-1-2-5-3-4;4-2(6)1-5-3(7)8/h2-5,8H,1H3;4-6H,1-3H2;5H,1H2,(H2,4,6)(H,7,8). The van der Waals surface area contributed by atoms with Crippen molar-refractivity contribution in [1.82, 2.24) is 10.6 Å². The Bertz CT molecular complexity index is 409. The molecule has 0 saturated carbocycles. The zero-order valence-electron chi connectivity index (χ0n) is 12.5. The number of aromatic hydroxyl groups is 1. The van der Waals surface area contributed by atoms with Gasteiger partial charge in [-0.2, -0.15) is 0 Å². The minimum Gasteiger partial charge on any atom is -0.508 e. The van der Waals surface area contributed by atoms with Crippen LogP contribution in [0.15, 0.2) is 24.3 Å². The molecule has 0 aromatic heterocycles. The van der Waals surface area contributed by atoms with Crippen molar-refractivity contribution in [2.24, 2.45) is 5.73 Å². The summed E-state index contributed by atoms with van der Waals surface area (Å²) in [5.74, 6) is -0.358. The van der Waals surface area contributed by atoms with Crippen molar-refractivity contribution in [3.8, 4) is 5.75 Å². The van der Waals surface area contributed by atoms with Crippen LogP contribution in [-0.4, -0.2) is 53.1 Å². The van der Waals surface area contributed by atoms with Crippen LogP contribution in [0.3, 0.4) is 0 Å². The number of amides is 2. The van der Waals surface area contributed by atoms with Gasteiger partial charge < -0.3 is 31.7 Å². The average Bonchev–Trinajstić information content (AvgIpc) is 2.92. The Morgan fingerprint density at radius 2 is 1.95 bits per heavy atom. The Kier molecular flexibility index (Phi) is 10.2. The van der Waals surface area contributed by atoms with E-state index in [-0.39, 0.29) is 12.6 Å². The van der Waals surface area contributed by atoms with Crippen molar-refractivity contribution >= 4 is 12.0 Å². The maximum atomic E-state index is 9.80. The summed E-state index contributed by atoms with van der Waals surface area (Å²) in [7, 11) is 0. The van der Waals surface area contributed by atoms with E-state index in [9.17, 15) is 9.59 Å². The van der Waals surface area contributed by atoms with Crippen LogP contribution in [0.2, 0.25) is 0 Å². The summed E-state index contributed by atoms with van der Waals surface area (Å²) in [5, 5.41) is 30.1. The minimum absolute atomic E-state index is 0.0648. The predicted octanol–water partition coefficient (Wildman–Crippen LogP) is -0.219. The van der Waals surface area contributed by atoms with E-state index < -0.39 is 12.0 Å². The maximum Gasteiger partial charge on any atom is 0.405 e. The van der Waals surface area contributed by atoms with E-state index in [0.717, 1.165) is 19.5 Å². The number of β-amino-alcohol motifs (C(OH)–C–C–N with tert-alkyl or cyclic N) is 1. The molecule has 0 aliphatic carbocycles. The van der Waals surface area contributed by atoms with Gasteiger partial charge in [0.05, 0.1) is 12.6 Å². The number of carbonyl (C=O) groups excluding carboxylic acids is 1. The van der Waals surface area contributed by atoms with Gasteiger partial charge in [0.2, 0.25) is 5.91 Å². The number of primary amides is 1. The fourth-order valence-corrected chi connectivity index (χ4v) is 1.35. The second kappa shape index (κ2) is 11.4. The molecule has 1 fully saturated rings. The van der Waals surface area contributed by atoms with Crippen LogP contribution in [0.1, 0.15) is 12.0 Å². The van der Waals surface area contributed by atoms with Crippen LogP contribution in [0, 0.1) is 6.92 Å². The molecule has 0 bridgehead atoms. The largest absolute Gasteiger partial charge is 0.508 e. The number of phenols is 1. The maximum absolute atomic E-state index is 9.80. The van der Waals surface area contributed by atoms with Crippen molar-refractivity contribution in [3.63, 3.8) is 0 Å². The van der Waals surface area contributed by atoms with Crippen LogP contribution in [0.25, 0.3) is 0 Å². The van der Waals surface area contributed by atoms with Crippen molar-refractivity contribution in [1.29, 1.82) is 0 Å². The molecule has 1 atom stereocenters. The van der Waals surface area contributed by atoms with Crippen molar-refractivity contribution in [2.75, 3.05) is 19.6 Å². The predicted molar refractivity (Wildman–Crippen MR) is 81.6 cm³/mol. The first-order chi connectivity index (χ1) is 10.3. The second-order valence-electron chi connectivity index (χ2n) is 4.61. The number of carbonyl (C=O) groups is 2. The number of nitrogens with two attached hydrogens (primary N) is 1. The summed E-state index contributed by atoms with van der Waals surface area (Å²) in [6.45, 7) is 3.44. The number of aliphatic hydroxyl groups is 1. The quantitative estimate of drug-likeness (QED) is 0.445. The molecule has 0 spiro atoms. The van der Waals surface area contributed by atoms with E-state index in [0.29, 0.717) is 5.75 Å². The molecule has 1 unspecified atom stereocenters. The number of hydrogen-bond acceptors (Lipinski definition) is 5. The number of hydrogen-bond donors (Lipinski definition) is 6. The number of carboxylic acid groups (broad SMARTS) is 1. The SMILES string of the molecule is Cc1ccc(O)cc1.NC(=O)CNC(=O)O.OC1CCNC1. The van der Waals surface area contributed by atoms with Crippen molar-refractivity contribution in [3.05, 3.63) is 29.8 Å². The summed E-state index contributed by atoms with van der Waals surface area (Å²) in [4.78, 5) is 19.4. The average molecular weight is 313 g/mol. The van der Waals surface area contributed by atoms with Gasteiger partial charge in [0.25, 0.3) is 0 Å². The molecule has 7 N–H and O–H groups in total. The van der Waals surface area contributed by atoms with Gasteiger partial charge in [0, 0.05) is 6.54 Å². The molecular weight excluding hydrogens is 290 g/mol. The highest BCUT2D eigenvalue weighted by atomic mass is 16.4. The van der Waals surface area contributed by atoms with Gasteiger partial charge in [0.1, 0.15) is 5.75 Å². The lowest BCUT2D eigenvalue weighted by Gasteiger charge is -1.91. The van der Waals surface area contributed by atoms with Crippen molar-refractivity contribution < 1.29 is 24.9 Å². The van der Waals surface area contributed by atoms with Gasteiger partial charge in [-0.25, -0.2) is 4.79 Å². The van der Waals surface area contributed by atoms with E-state index in [1.54, 1.807) is 17.4 Å². The fourth-order valence-electron chi connectivity index (χ4n) is 1.35. The lowest BCUT2D eigenvalue weighted by atomic mass is 10.2. The number of rotatable bonds is 2. The number of phenolic OH excluding ortho intramolecular Hbond substituents is 1. The Balaban J connectivity index is 0.000000304. The summed E-state index contributed by atoms with van der Waals surface area (Å²) < 4.78 is 0. The summed E-state index contributed by atoms with van der Waals surface area (Å²) >= 11 is 0. The molecule has 2 amide bonds. The third-order valence-corrected chi connectivity index (χ3v) is 2.48. The van der Waals surface area contributed by atoms with Crippen LogP contribution in [0.4, 0.5) is 4.79 Å². The first-order valence-corrected chi connectivity index (χ1v) is 6.70. The number of aliphatic hydroxyl groups excluding tert-OH is 1. The molecule has 1 aromatic carbocycles. The number of aryl methyl sites for hydroxylation is 1. The molecule has 1 heterocycles.